The summed E-state index contributed by atoms with van der Waals surface area (Å²) >= 11 is 0. The molecule has 0 aromatic heterocycles. The molecule has 1 aliphatic heterocycles. The number of aliphatic hydroxyl groups is 1. The van der Waals surface area contributed by atoms with Gasteiger partial charge in [0.25, 0.3) is 11.7 Å². The minimum atomic E-state index is -0.931. The van der Waals surface area contributed by atoms with Gasteiger partial charge in [0.1, 0.15) is 28.8 Å². The van der Waals surface area contributed by atoms with Crippen molar-refractivity contribution in [2.75, 3.05) is 25.7 Å². The van der Waals surface area contributed by atoms with E-state index in [1.54, 1.807) is 66.7 Å². The lowest BCUT2D eigenvalue weighted by molar-refractivity contribution is -0.132. The van der Waals surface area contributed by atoms with Crippen molar-refractivity contribution in [3.05, 3.63) is 83.4 Å². The van der Waals surface area contributed by atoms with Crippen molar-refractivity contribution >= 4 is 23.1 Å². The van der Waals surface area contributed by atoms with Gasteiger partial charge >= 0.3 is 0 Å². The predicted octanol–water partition coefficient (Wildman–Crippen LogP) is 5.52. The molecule has 1 N–H and O–H groups in total. The van der Waals surface area contributed by atoms with Crippen molar-refractivity contribution in [2.45, 2.75) is 32.9 Å². The highest BCUT2D eigenvalue weighted by Crippen LogP contribution is 2.44. The van der Waals surface area contributed by atoms with Gasteiger partial charge in [-0.3, -0.25) is 14.5 Å². The Labute approximate surface area is 222 Å². The molecule has 198 valence electrons. The van der Waals surface area contributed by atoms with E-state index in [0.29, 0.717) is 40.9 Å². The van der Waals surface area contributed by atoms with Gasteiger partial charge in [0.05, 0.1) is 44.1 Å². The van der Waals surface area contributed by atoms with E-state index in [1.165, 1.54) is 19.1 Å². The highest BCUT2D eigenvalue weighted by Gasteiger charge is 2.47. The molecule has 0 aliphatic carbocycles. The number of hydrogen-bond acceptors (Lipinski definition) is 7. The zero-order valence-electron chi connectivity index (χ0n) is 22.1. The molecule has 1 fully saturated rings. The number of carbonyl (C=O) groups excluding carboxylic acids is 2. The minimum absolute atomic E-state index is 0.0721. The highest BCUT2D eigenvalue weighted by atomic mass is 16.5. The molecule has 1 atom stereocenters. The normalized spacial score (nSPS) is 16.6. The first kappa shape index (κ1) is 26.6. The molecule has 38 heavy (non-hydrogen) atoms. The summed E-state index contributed by atoms with van der Waals surface area (Å²) in [5.74, 6) is 0.0432. The average Bonchev–Trinajstić information content (AvgIpc) is 3.18. The second-order valence-electron chi connectivity index (χ2n) is 8.90. The summed E-state index contributed by atoms with van der Waals surface area (Å²) in [5.41, 5.74) is 1.24. The van der Waals surface area contributed by atoms with Crippen LogP contribution in [0.2, 0.25) is 0 Å². The van der Waals surface area contributed by atoms with Crippen molar-refractivity contribution in [1.82, 2.24) is 0 Å². The van der Waals surface area contributed by atoms with Gasteiger partial charge in [0.2, 0.25) is 0 Å². The monoisotopic (exact) mass is 517 g/mol. The number of ether oxygens (including phenoxy) is 4. The fourth-order valence-electron chi connectivity index (χ4n) is 4.46. The van der Waals surface area contributed by atoms with Crippen LogP contribution >= 0.6 is 0 Å². The number of Topliss-reactive ketones (excluding diaryl/α,β-unsaturated/α-hetero) is 1. The van der Waals surface area contributed by atoms with Gasteiger partial charge in [0, 0.05) is 5.69 Å². The molecule has 1 saturated heterocycles. The molecule has 1 unspecified atom stereocenters. The average molecular weight is 518 g/mol. The van der Waals surface area contributed by atoms with E-state index < -0.39 is 17.7 Å². The van der Waals surface area contributed by atoms with Gasteiger partial charge in [-0.05, 0) is 80.9 Å². The number of rotatable bonds is 9. The van der Waals surface area contributed by atoms with Gasteiger partial charge < -0.3 is 24.1 Å². The lowest BCUT2D eigenvalue weighted by Gasteiger charge is -2.26. The molecule has 1 heterocycles. The summed E-state index contributed by atoms with van der Waals surface area (Å²) in [7, 11) is 2.96. The third-order valence-electron chi connectivity index (χ3n) is 6.08. The van der Waals surface area contributed by atoms with Crippen LogP contribution in [-0.4, -0.2) is 43.7 Å². The molecule has 1 aliphatic rings. The number of benzene rings is 3. The number of anilines is 1. The van der Waals surface area contributed by atoms with E-state index in [0.717, 1.165) is 0 Å². The number of aliphatic hydroxyl groups excluding tert-OH is 1. The number of amides is 1. The summed E-state index contributed by atoms with van der Waals surface area (Å²) < 4.78 is 22.2. The van der Waals surface area contributed by atoms with Crippen LogP contribution in [0.5, 0.6) is 23.0 Å². The molecule has 0 radical (unpaired) electrons. The maximum atomic E-state index is 13.5. The Morgan fingerprint density at radius 1 is 0.921 bits per heavy atom. The van der Waals surface area contributed by atoms with Crippen LogP contribution < -0.4 is 23.8 Å². The van der Waals surface area contributed by atoms with Crippen LogP contribution in [0.1, 0.15) is 37.9 Å². The standard InChI is InChI=1S/C30H31NO7/c1-6-37-21-12-10-20(11-13-21)31-27(19-8-7-9-23(16-19)38-18(2)3)26(29(33)30(31)34)28(32)24-17-22(35-4)14-15-25(24)36-5/h7-18,27,32H,6H2,1-5H3/b28-26+. The summed E-state index contributed by atoms with van der Waals surface area (Å²) in [6.07, 6.45) is -0.0798. The Hall–Kier alpha value is -4.46. The molecule has 3 aromatic rings. The molecular weight excluding hydrogens is 486 g/mol. The maximum Gasteiger partial charge on any atom is 0.300 e. The van der Waals surface area contributed by atoms with Crippen LogP contribution in [0.4, 0.5) is 5.69 Å². The molecular formula is C30H31NO7. The van der Waals surface area contributed by atoms with E-state index >= 15 is 0 Å². The number of methoxy groups -OCH3 is 2. The topological polar surface area (TPSA) is 94.5 Å². The molecule has 3 aromatic carbocycles. The number of hydrogen-bond donors (Lipinski definition) is 1. The zero-order chi connectivity index (χ0) is 27.4. The van der Waals surface area contributed by atoms with Crippen LogP contribution in [0.3, 0.4) is 0 Å². The Kier molecular flexibility index (Phi) is 7.90. The lowest BCUT2D eigenvalue weighted by Crippen LogP contribution is -2.29. The number of nitrogens with zero attached hydrogens (tertiary/aromatic N) is 1. The van der Waals surface area contributed by atoms with Gasteiger partial charge in [-0.2, -0.15) is 0 Å². The Balaban J connectivity index is 1.94. The third kappa shape index (κ3) is 5.16. The maximum absolute atomic E-state index is 13.5. The van der Waals surface area contributed by atoms with Crippen LogP contribution in [0.25, 0.3) is 5.76 Å². The summed E-state index contributed by atoms with van der Waals surface area (Å²) in [4.78, 5) is 28.4. The molecule has 4 rings (SSSR count). The van der Waals surface area contributed by atoms with Crippen molar-refractivity contribution < 1.29 is 33.6 Å². The van der Waals surface area contributed by atoms with Gasteiger partial charge in [-0.15, -0.1) is 0 Å². The fraction of sp³-hybridized carbons (Fsp3) is 0.267. The quantitative estimate of drug-likeness (QED) is 0.227. The molecule has 0 saturated carbocycles. The van der Waals surface area contributed by atoms with Crippen LogP contribution in [-0.2, 0) is 9.59 Å². The first-order chi connectivity index (χ1) is 18.3. The third-order valence-corrected chi connectivity index (χ3v) is 6.08. The fourth-order valence-corrected chi connectivity index (χ4v) is 4.46. The SMILES string of the molecule is CCOc1ccc(N2C(=O)C(=O)/C(=C(/O)c3cc(OC)ccc3OC)C2c2cccc(OC(C)C)c2)cc1. The van der Waals surface area contributed by atoms with Crippen molar-refractivity contribution in [3.63, 3.8) is 0 Å². The first-order valence-electron chi connectivity index (χ1n) is 12.3. The van der Waals surface area contributed by atoms with E-state index in [4.69, 9.17) is 18.9 Å². The molecule has 0 spiro atoms. The Bertz CT molecular complexity index is 1360. The largest absolute Gasteiger partial charge is 0.507 e. The summed E-state index contributed by atoms with van der Waals surface area (Å²) in [5, 5.41) is 11.6. The van der Waals surface area contributed by atoms with E-state index in [-0.39, 0.29) is 23.0 Å². The molecule has 1 amide bonds. The second-order valence-corrected chi connectivity index (χ2v) is 8.90. The number of carbonyl (C=O) groups is 2. The number of ketones is 1. The summed E-state index contributed by atoms with van der Waals surface area (Å²) in [6, 6.07) is 18.0. The predicted molar refractivity (Wildman–Crippen MR) is 144 cm³/mol. The summed E-state index contributed by atoms with van der Waals surface area (Å²) in [6.45, 7) is 6.20. The van der Waals surface area contributed by atoms with Crippen molar-refractivity contribution in [3.8, 4) is 23.0 Å². The van der Waals surface area contributed by atoms with E-state index in [9.17, 15) is 14.7 Å². The Morgan fingerprint density at radius 2 is 1.63 bits per heavy atom. The zero-order valence-corrected chi connectivity index (χ0v) is 22.1. The van der Waals surface area contributed by atoms with Gasteiger partial charge in [-0.1, -0.05) is 12.1 Å². The Morgan fingerprint density at radius 3 is 2.26 bits per heavy atom. The second kappa shape index (κ2) is 11.3. The van der Waals surface area contributed by atoms with E-state index in [2.05, 4.69) is 0 Å². The smallest absolute Gasteiger partial charge is 0.300 e. The van der Waals surface area contributed by atoms with Crippen LogP contribution in [0.15, 0.2) is 72.3 Å². The minimum Gasteiger partial charge on any atom is -0.507 e. The van der Waals surface area contributed by atoms with Crippen LogP contribution in [0, 0.1) is 0 Å². The molecule has 8 heteroatoms. The molecule has 8 nitrogen and oxygen atoms in total. The van der Waals surface area contributed by atoms with Gasteiger partial charge in [0.15, 0.2) is 0 Å². The highest BCUT2D eigenvalue weighted by molar-refractivity contribution is 6.51. The van der Waals surface area contributed by atoms with Crippen molar-refractivity contribution in [2.24, 2.45) is 0 Å². The lowest BCUT2D eigenvalue weighted by atomic mass is 9.94. The van der Waals surface area contributed by atoms with Crippen molar-refractivity contribution in [1.29, 1.82) is 0 Å². The van der Waals surface area contributed by atoms with Gasteiger partial charge in [-0.25, -0.2) is 0 Å². The first-order valence-corrected chi connectivity index (χ1v) is 12.3. The van der Waals surface area contributed by atoms with E-state index in [1.807, 2.05) is 20.8 Å². The molecule has 0 bridgehead atoms.